The monoisotopic (exact) mass is 516 g/mol. The van der Waals surface area contributed by atoms with E-state index in [1.54, 1.807) is 30.5 Å². The van der Waals surface area contributed by atoms with E-state index in [4.69, 9.17) is 4.74 Å². The van der Waals surface area contributed by atoms with Gasteiger partial charge in [0.05, 0.1) is 21.8 Å². The zero-order valence-corrected chi connectivity index (χ0v) is 20.6. The molecule has 3 heterocycles. The second kappa shape index (κ2) is 9.76. The molecule has 0 spiro atoms. The van der Waals surface area contributed by atoms with Crippen molar-refractivity contribution in [3.8, 4) is 11.5 Å². The number of H-pyrrole nitrogens is 1. The van der Waals surface area contributed by atoms with Gasteiger partial charge in [-0.05, 0) is 60.7 Å². The molecule has 2 aromatic carbocycles. The molecule has 0 bridgehead atoms. The van der Waals surface area contributed by atoms with Gasteiger partial charge in [0.25, 0.3) is 5.91 Å². The number of aromatic nitrogens is 3. The van der Waals surface area contributed by atoms with E-state index in [1.165, 1.54) is 12.1 Å². The molecule has 1 amide bonds. The highest BCUT2D eigenvalue weighted by atomic mass is 32.2. The van der Waals surface area contributed by atoms with Gasteiger partial charge in [-0.15, -0.1) is 11.3 Å². The first-order valence-electron chi connectivity index (χ1n) is 10.8. The molecule has 0 aliphatic rings. The maximum absolute atomic E-state index is 12.6. The minimum atomic E-state index is -3.36. The fraction of sp³-hybridized carbons (Fsp3) is 0.0385. The van der Waals surface area contributed by atoms with Crippen molar-refractivity contribution in [2.24, 2.45) is 0 Å². The van der Waals surface area contributed by atoms with Crippen LogP contribution >= 0.6 is 11.3 Å². The number of benzene rings is 2. The third kappa shape index (κ3) is 5.35. The number of pyridine rings is 1. The van der Waals surface area contributed by atoms with Gasteiger partial charge in [-0.2, -0.15) is 5.10 Å². The van der Waals surface area contributed by atoms with E-state index in [1.807, 2.05) is 48.6 Å². The highest BCUT2D eigenvalue weighted by Gasteiger charge is 2.15. The van der Waals surface area contributed by atoms with Crippen LogP contribution in [0.1, 0.15) is 21.1 Å². The van der Waals surface area contributed by atoms with E-state index in [-0.39, 0.29) is 4.21 Å². The lowest BCUT2D eigenvalue weighted by atomic mass is 10.2. The zero-order chi connectivity index (χ0) is 25.1. The summed E-state index contributed by atoms with van der Waals surface area (Å²) in [6, 6.07) is 21.2. The van der Waals surface area contributed by atoms with E-state index < -0.39 is 15.7 Å². The number of hydrogen-bond donors (Lipinski definition) is 2. The number of hydrogen-bond acceptors (Lipinski definition) is 7. The second-order valence-corrected chi connectivity index (χ2v) is 11.2. The van der Waals surface area contributed by atoms with Crippen molar-refractivity contribution in [3.63, 3.8) is 0 Å². The standard InChI is InChI=1S/C26H20N4O4S2/c1-36(32,33)25-13-12-24(35-25)26(31)28-18-6-4-7-19(15-18)34-20-9-10-21-22(29-30-23(21)16-20)11-8-17-5-2-3-14-27-17/h2-16H,1H3,(H,28,31)(H,29,30)/b11-8+. The number of ether oxygens (including phenoxy) is 1. The van der Waals surface area contributed by atoms with Crippen LogP contribution < -0.4 is 10.1 Å². The number of nitrogens with one attached hydrogen (secondary N) is 2. The molecule has 180 valence electrons. The fourth-order valence-corrected chi connectivity index (χ4v) is 5.28. The minimum absolute atomic E-state index is 0.148. The SMILES string of the molecule is CS(=O)(=O)c1ccc(C(=O)Nc2cccc(Oc3ccc4c(/C=C/c5ccccn5)n[nH]c4c3)c2)s1. The Morgan fingerprint density at radius 3 is 2.64 bits per heavy atom. The smallest absolute Gasteiger partial charge is 0.265 e. The fourth-order valence-electron chi connectivity index (χ4n) is 3.46. The third-order valence-corrected chi connectivity index (χ3v) is 8.07. The van der Waals surface area contributed by atoms with Gasteiger partial charge < -0.3 is 10.1 Å². The van der Waals surface area contributed by atoms with Gasteiger partial charge in [0.15, 0.2) is 9.84 Å². The molecule has 0 atom stereocenters. The molecule has 0 unspecified atom stereocenters. The third-order valence-electron chi connectivity index (χ3n) is 5.16. The van der Waals surface area contributed by atoms with Gasteiger partial charge in [0, 0.05) is 35.7 Å². The summed E-state index contributed by atoms with van der Waals surface area (Å²) in [6.45, 7) is 0. The Morgan fingerprint density at radius 1 is 1.00 bits per heavy atom. The maximum atomic E-state index is 12.6. The summed E-state index contributed by atoms with van der Waals surface area (Å²) in [5, 5.41) is 11.1. The highest BCUT2D eigenvalue weighted by molar-refractivity contribution is 7.92. The summed E-state index contributed by atoms with van der Waals surface area (Å²) in [4.78, 5) is 17.1. The van der Waals surface area contributed by atoms with Crippen molar-refractivity contribution in [1.82, 2.24) is 15.2 Å². The highest BCUT2D eigenvalue weighted by Crippen LogP contribution is 2.29. The number of amides is 1. The predicted octanol–water partition coefficient (Wildman–Crippen LogP) is 5.64. The van der Waals surface area contributed by atoms with Crippen molar-refractivity contribution in [1.29, 1.82) is 0 Å². The van der Waals surface area contributed by atoms with E-state index >= 15 is 0 Å². The van der Waals surface area contributed by atoms with Crippen LogP contribution in [0.3, 0.4) is 0 Å². The molecule has 2 N–H and O–H groups in total. The van der Waals surface area contributed by atoms with Gasteiger partial charge in [-0.3, -0.25) is 14.9 Å². The summed E-state index contributed by atoms with van der Waals surface area (Å²) >= 11 is 0.930. The van der Waals surface area contributed by atoms with Crippen LogP contribution in [0.5, 0.6) is 11.5 Å². The number of thiophene rings is 1. The summed E-state index contributed by atoms with van der Waals surface area (Å²) in [7, 11) is -3.36. The van der Waals surface area contributed by atoms with E-state index in [0.29, 0.717) is 22.1 Å². The van der Waals surface area contributed by atoms with Crippen LogP contribution in [-0.2, 0) is 9.84 Å². The Kier molecular flexibility index (Phi) is 6.36. The first-order chi connectivity index (χ1) is 17.3. The van der Waals surface area contributed by atoms with Gasteiger partial charge in [0.1, 0.15) is 15.7 Å². The molecule has 0 saturated heterocycles. The van der Waals surface area contributed by atoms with Crippen molar-refractivity contribution in [3.05, 3.63) is 95.3 Å². The number of rotatable bonds is 7. The van der Waals surface area contributed by atoms with Crippen LogP contribution in [0.25, 0.3) is 23.1 Å². The number of nitrogens with zero attached hydrogens (tertiary/aromatic N) is 2. The molecule has 0 aliphatic carbocycles. The van der Waals surface area contributed by atoms with Crippen LogP contribution in [-0.4, -0.2) is 35.8 Å². The topological polar surface area (TPSA) is 114 Å². The van der Waals surface area contributed by atoms with E-state index in [9.17, 15) is 13.2 Å². The molecule has 0 fully saturated rings. The largest absolute Gasteiger partial charge is 0.457 e. The first kappa shape index (κ1) is 23.5. The number of sulfone groups is 1. The molecule has 0 radical (unpaired) electrons. The van der Waals surface area contributed by atoms with Crippen molar-refractivity contribution < 1.29 is 17.9 Å². The van der Waals surface area contributed by atoms with Gasteiger partial charge in [0.2, 0.25) is 0 Å². The summed E-state index contributed by atoms with van der Waals surface area (Å²) in [5.74, 6) is 0.744. The molecule has 8 nitrogen and oxygen atoms in total. The van der Waals surface area contributed by atoms with Crippen molar-refractivity contribution in [2.45, 2.75) is 4.21 Å². The van der Waals surface area contributed by atoms with Crippen molar-refractivity contribution in [2.75, 3.05) is 11.6 Å². The lowest BCUT2D eigenvalue weighted by molar-refractivity contribution is 0.103. The van der Waals surface area contributed by atoms with Crippen LogP contribution in [0, 0.1) is 0 Å². The predicted molar refractivity (Wildman–Crippen MR) is 141 cm³/mol. The molecule has 5 rings (SSSR count). The van der Waals surface area contributed by atoms with E-state index in [2.05, 4.69) is 20.5 Å². The lowest BCUT2D eigenvalue weighted by Crippen LogP contribution is -2.10. The minimum Gasteiger partial charge on any atom is -0.457 e. The molecule has 10 heteroatoms. The number of aromatic amines is 1. The molecule has 5 aromatic rings. The molecular weight excluding hydrogens is 496 g/mol. The number of carbonyl (C=O) groups excluding carboxylic acids is 1. The summed E-state index contributed by atoms with van der Waals surface area (Å²) < 4.78 is 29.5. The Bertz CT molecular complexity index is 1690. The molecular formula is C26H20N4O4S2. The van der Waals surface area contributed by atoms with Gasteiger partial charge >= 0.3 is 0 Å². The molecule has 0 aliphatic heterocycles. The lowest BCUT2D eigenvalue weighted by Gasteiger charge is -2.09. The zero-order valence-electron chi connectivity index (χ0n) is 19.0. The Morgan fingerprint density at radius 2 is 1.86 bits per heavy atom. The second-order valence-electron chi connectivity index (χ2n) is 7.88. The number of anilines is 1. The van der Waals surface area contributed by atoms with Crippen LogP contribution in [0.15, 0.2) is 83.2 Å². The quantitative estimate of drug-likeness (QED) is 0.289. The van der Waals surface area contributed by atoms with Crippen LogP contribution in [0.4, 0.5) is 5.69 Å². The van der Waals surface area contributed by atoms with Crippen molar-refractivity contribution >= 4 is 55.8 Å². The Labute approximate surface area is 211 Å². The average molecular weight is 517 g/mol. The number of fused-ring (bicyclic) bond motifs is 1. The molecule has 0 saturated carbocycles. The Balaban J connectivity index is 1.29. The first-order valence-corrected chi connectivity index (χ1v) is 13.5. The molecule has 36 heavy (non-hydrogen) atoms. The van der Waals surface area contributed by atoms with Gasteiger partial charge in [-0.25, -0.2) is 8.42 Å². The maximum Gasteiger partial charge on any atom is 0.265 e. The van der Waals surface area contributed by atoms with Crippen LogP contribution in [0.2, 0.25) is 0 Å². The van der Waals surface area contributed by atoms with E-state index in [0.717, 1.165) is 39.9 Å². The van der Waals surface area contributed by atoms with Gasteiger partial charge in [-0.1, -0.05) is 12.1 Å². The number of carbonyl (C=O) groups is 1. The summed E-state index contributed by atoms with van der Waals surface area (Å²) in [6.07, 6.45) is 6.66. The Hall–Kier alpha value is -4.28. The normalized spacial score (nSPS) is 11.7. The average Bonchev–Trinajstić information content (AvgIpc) is 3.51. The molecule has 3 aromatic heterocycles. The summed E-state index contributed by atoms with van der Waals surface area (Å²) in [5.41, 5.74) is 2.98.